The van der Waals surface area contributed by atoms with E-state index >= 15 is 0 Å². The molecule has 5 fully saturated rings. The van der Waals surface area contributed by atoms with Crippen molar-refractivity contribution in [3.63, 3.8) is 0 Å². The number of amidine groups is 2. The van der Waals surface area contributed by atoms with Crippen LogP contribution in [0.5, 0.6) is 0 Å². The lowest BCUT2D eigenvalue weighted by Gasteiger charge is -2.41. The van der Waals surface area contributed by atoms with Crippen LogP contribution in [0.4, 0.5) is 19.2 Å². The second kappa shape index (κ2) is 23.0. The summed E-state index contributed by atoms with van der Waals surface area (Å²) in [6.07, 6.45) is 0.190. The summed E-state index contributed by atoms with van der Waals surface area (Å²) in [5.41, 5.74) is 9.26. The molecule has 5 heterocycles. The van der Waals surface area contributed by atoms with E-state index in [2.05, 4.69) is 4.90 Å². The zero-order chi connectivity index (χ0) is 50.9. The van der Waals surface area contributed by atoms with Crippen molar-refractivity contribution in [2.45, 2.75) is 148 Å². The van der Waals surface area contributed by atoms with Crippen LogP contribution < -0.4 is 11.5 Å². The summed E-state index contributed by atoms with van der Waals surface area (Å²) < 4.78 is 59.0. The van der Waals surface area contributed by atoms with E-state index < -0.39 is 75.3 Å². The zero-order valence-electron chi connectivity index (χ0n) is 40.9. The molecule has 0 saturated carbocycles. The largest absolute Gasteiger partial charge is 0.466 e. The summed E-state index contributed by atoms with van der Waals surface area (Å²) in [7, 11) is -3.64. The van der Waals surface area contributed by atoms with Crippen LogP contribution in [0.3, 0.4) is 0 Å². The molecule has 6 unspecified atom stereocenters. The number of hydrogen-bond donors (Lipinski definition) is 4. The third-order valence-corrected chi connectivity index (χ3v) is 12.6. The molecule has 386 valence electrons. The Balaban J connectivity index is 0.000000316. The molecule has 0 aliphatic carbocycles. The Kier molecular flexibility index (Phi) is 18.7. The number of piperidine rings is 3. The molecule has 5 rings (SSSR count). The summed E-state index contributed by atoms with van der Waals surface area (Å²) in [5, 5.41) is 15.9. The molecule has 5 saturated heterocycles. The molecule has 4 amide bonds. The predicted molar refractivity (Wildman–Crippen MR) is 244 cm³/mol. The molecule has 5 aliphatic heterocycles. The van der Waals surface area contributed by atoms with Crippen molar-refractivity contribution in [2.24, 2.45) is 16.9 Å². The van der Waals surface area contributed by atoms with E-state index in [9.17, 15) is 37.2 Å². The SMILES string of the molecule is CC(C)(C)OC(=O)N1CCC(N2CC(COS(C)(=O)=O)OC2=O)CC1C(=N)N.CCOC(=O)CC1(C(=O)OCC)CCN(CC2CN(C3CCN(C(=O)OC(C)(C)C)C(C(=N)N)C3)C(=O)O2)CC1. The molecule has 0 radical (unpaired) electrons. The van der Waals surface area contributed by atoms with Crippen LogP contribution in [0.1, 0.15) is 100 Å². The van der Waals surface area contributed by atoms with Crippen LogP contribution in [0.25, 0.3) is 0 Å². The number of amides is 4. The third kappa shape index (κ3) is 15.7. The van der Waals surface area contributed by atoms with Crippen LogP contribution >= 0.6 is 0 Å². The Bertz CT molecular complexity index is 1970. The highest BCUT2D eigenvalue weighted by Gasteiger charge is 2.48. The minimum Gasteiger partial charge on any atom is -0.466 e. The number of carbonyl (C=O) groups is 6. The van der Waals surface area contributed by atoms with Gasteiger partial charge in [0.05, 0.1) is 56.5 Å². The van der Waals surface area contributed by atoms with E-state index in [1.165, 1.54) is 14.7 Å². The Morgan fingerprint density at radius 2 is 1.18 bits per heavy atom. The monoisotopic (exact) mass is 987 g/mol. The van der Waals surface area contributed by atoms with Gasteiger partial charge in [-0.05, 0) is 107 Å². The minimum absolute atomic E-state index is 0.0149. The maximum absolute atomic E-state index is 12.8. The predicted octanol–water partition coefficient (Wildman–Crippen LogP) is 2.60. The zero-order valence-corrected chi connectivity index (χ0v) is 41.7. The molecule has 0 bridgehead atoms. The number of hydrogen-bond acceptors (Lipinski definition) is 18. The van der Waals surface area contributed by atoms with E-state index in [1.807, 2.05) is 0 Å². The summed E-state index contributed by atoms with van der Waals surface area (Å²) in [6.45, 7) is 17.0. The van der Waals surface area contributed by atoms with Gasteiger partial charge < -0.3 is 49.7 Å². The molecule has 25 heteroatoms. The normalized spacial score (nSPS) is 25.6. The lowest BCUT2D eigenvalue weighted by atomic mass is 9.75. The topological polar surface area (TPSA) is 317 Å². The maximum atomic E-state index is 12.8. The Labute approximate surface area is 398 Å². The van der Waals surface area contributed by atoms with E-state index in [0.29, 0.717) is 64.8 Å². The van der Waals surface area contributed by atoms with Crippen LogP contribution in [0, 0.1) is 16.2 Å². The summed E-state index contributed by atoms with van der Waals surface area (Å²) in [5.74, 6) is -1.13. The van der Waals surface area contributed by atoms with Crippen molar-refractivity contribution in [2.75, 3.05) is 71.9 Å². The lowest BCUT2D eigenvalue weighted by molar-refractivity contribution is -0.165. The number of nitrogens with zero attached hydrogens (tertiary/aromatic N) is 5. The quantitative estimate of drug-likeness (QED) is 0.0639. The van der Waals surface area contributed by atoms with Gasteiger partial charge in [-0.3, -0.25) is 39.3 Å². The second-order valence-electron chi connectivity index (χ2n) is 19.7. The number of ether oxygens (including phenoxy) is 6. The molecular formula is C43H73N9O15S. The summed E-state index contributed by atoms with van der Waals surface area (Å²) in [6, 6.07) is -1.90. The highest BCUT2D eigenvalue weighted by Crippen LogP contribution is 2.38. The molecule has 68 heavy (non-hydrogen) atoms. The Morgan fingerprint density at radius 1 is 0.735 bits per heavy atom. The van der Waals surface area contributed by atoms with Gasteiger partial charge in [-0.25, -0.2) is 19.2 Å². The number of esters is 2. The Morgan fingerprint density at radius 3 is 1.59 bits per heavy atom. The van der Waals surface area contributed by atoms with Gasteiger partial charge in [0.25, 0.3) is 10.1 Å². The first kappa shape index (κ1) is 55.4. The lowest BCUT2D eigenvalue weighted by Crippen LogP contribution is -2.57. The van der Waals surface area contributed by atoms with Crippen LogP contribution in [-0.2, 0) is 52.3 Å². The average Bonchev–Trinajstić information content (AvgIpc) is 3.79. The van der Waals surface area contributed by atoms with E-state index in [1.54, 1.807) is 60.3 Å². The van der Waals surface area contributed by atoms with Gasteiger partial charge in [0.2, 0.25) is 0 Å². The first-order valence-corrected chi connectivity index (χ1v) is 24.9. The minimum atomic E-state index is -3.64. The number of nitrogens with two attached hydrogens (primary N) is 2. The third-order valence-electron chi connectivity index (χ3n) is 12.0. The first-order chi connectivity index (χ1) is 31.5. The molecule has 0 aromatic heterocycles. The highest BCUT2D eigenvalue weighted by molar-refractivity contribution is 7.85. The number of carbonyl (C=O) groups excluding carboxylic acids is 6. The van der Waals surface area contributed by atoms with Crippen molar-refractivity contribution in [3.8, 4) is 0 Å². The Hall–Kier alpha value is -5.17. The van der Waals surface area contributed by atoms with Crippen molar-refractivity contribution in [1.82, 2.24) is 24.5 Å². The fourth-order valence-electron chi connectivity index (χ4n) is 8.87. The van der Waals surface area contributed by atoms with E-state index in [-0.39, 0.29) is 81.6 Å². The van der Waals surface area contributed by atoms with E-state index in [0.717, 1.165) is 6.26 Å². The van der Waals surface area contributed by atoms with Gasteiger partial charge in [0.1, 0.15) is 41.7 Å². The number of rotatable bonds is 14. The molecule has 6 atom stereocenters. The smallest absolute Gasteiger partial charge is 0.410 e. The number of cyclic esters (lactones) is 2. The second-order valence-corrected chi connectivity index (χ2v) is 21.4. The van der Waals surface area contributed by atoms with Gasteiger partial charge >= 0.3 is 36.3 Å². The van der Waals surface area contributed by atoms with Crippen molar-refractivity contribution in [1.29, 1.82) is 10.8 Å². The van der Waals surface area contributed by atoms with Crippen LogP contribution in [0.2, 0.25) is 0 Å². The van der Waals surface area contributed by atoms with Gasteiger partial charge in [-0.15, -0.1) is 0 Å². The number of nitrogens with one attached hydrogen (secondary N) is 2. The van der Waals surface area contributed by atoms with Crippen molar-refractivity contribution >= 4 is 58.1 Å². The standard InChI is InChI=1S/C27H45N5O8.C16H28N4O7S/c1-6-37-21(33)15-27(23(34)38-7-2)9-12-30(13-10-27)16-19-17-32(24(35)39-19)18-8-11-31(20(14-18)22(28)29)25(36)40-26(3,4)5;1-16(2,3)27-15(22)19-6-5-10(7-12(19)13(17)18)20-8-11(26-14(20)21)9-25-28(4,23)24/h18-20H,6-17H2,1-5H3,(H3,28,29);10-12H,5-9H2,1-4H3,(H3,17,18). The molecule has 0 aromatic carbocycles. The highest BCUT2D eigenvalue weighted by atomic mass is 32.2. The molecule has 6 N–H and O–H groups in total. The van der Waals surface area contributed by atoms with Crippen molar-refractivity contribution in [3.05, 3.63) is 0 Å². The molecule has 5 aliphatic rings. The average molecular weight is 988 g/mol. The van der Waals surface area contributed by atoms with E-state index in [4.69, 9.17) is 54.9 Å². The van der Waals surface area contributed by atoms with Gasteiger partial charge in [-0.2, -0.15) is 8.42 Å². The molecular weight excluding hydrogens is 915 g/mol. The van der Waals surface area contributed by atoms with Crippen molar-refractivity contribution < 1.29 is 69.8 Å². The fourth-order valence-corrected chi connectivity index (χ4v) is 9.26. The van der Waals surface area contributed by atoms with Gasteiger partial charge in [-0.1, -0.05) is 0 Å². The fraction of sp³-hybridized carbons (Fsp3) is 0.814. The summed E-state index contributed by atoms with van der Waals surface area (Å²) in [4.78, 5) is 83.3. The molecule has 0 aromatic rings. The van der Waals surface area contributed by atoms with Gasteiger partial charge in [0, 0.05) is 31.7 Å². The number of likely N-dealkylation sites (tertiary alicyclic amines) is 3. The van der Waals surface area contributed by atoms with Gasteiger partial charge in [0.15, 0.2) is 0 Å². The molecule has 0 spiro atoms. The summed E-state index contributed by atoms with van der Waals surface area (Å²) >= 11 is 0. The first-order valence-electron chi connectivity index (χ1n) is 23.1. The van der Waals surface area contributed by atoms with Crippen LogP contribution in [0.15, 0.2) is 0 Å². The maximum Gasteiger partial charge on any atom is 0.410 e. The molecule has 24 nitrogen and oxygen atoms in total. The van der Waals surface area contributed by atoms with Crippen LogP contribution in [-0.4, -0.2) is 200 Å².